The Morgan fingerprint density at radius 1 is 0.400 bits per heavy atom. The van der Waals surface area contributed by atoms with E-state index in [-0.39, 0.29) is 0 Å². The molecular formula is C46H29N3O. The normalized spacial score (nSPS) is 11.6. The van der Waals surface area contributed by atoms with Crippen LogP contribution in [0.3, 0.4) is 0 Å². The van der Waals surface area contributed by atoms with E-state index in [1.165, 1.54) is 21.8 Å². The topological polar surface area (TPSA) is 43.9 Å². The Kier molecular flexibility index (Phi) is 6.46. The molecule has 0 radical (unpaired) electrons. The molecule has 10 aromatic rings. The van der Waals surface area contributed by atoms with Crippen molar-refractivity contribution in [2.24, 2.45) is 0 Å². The molecule has 234 valence electrons. The highest BCUT2D eigenvalue weighted by atomic mass is 16.3. The van der Waals surface area contributed by atoms with Crippen LogP contribution in [0.5, 0.6) is 0 Å². The van der Waals surface area contributed by atoms with E-state index in [4.69, 9.17) is 14.4 Å². The van der Waals surface area contributed by atoms with Gasteiger partial charge in [0.1, 0.15) is 11.2 Å². The van der Waals surface area contributed by atoms with E-state index in [0.29, 0.717) is 5.82 Å². The van der Waals surface area contributed by atoms with Gasteiger partial charge in [0.15, 0.2) is 5.82 Å². The van der Waals surface area contributed by atoms with Gasteiger partial charge in [-0.1, -0.05) is 133 Å². The van der Waals surface area contributed by atoms with Gasteiger partial charge in [-0.05, 0) is 53.6 Å². The summed E-state index contributed by atoms with van der Waals surface area (Å²) in [5.74, 6) is 0.686. The third-order valence-corrected chi connectivity index (χ3v) is 9.65. The summed E-state index contributed by atoms with van der Waals surface area (Å²) in [7, 11) is 0. The van der Waals surface area contributed by atoms with Crippen molar-refractivity contribution in [3.05, 3.63) is 176 Å². The highest BCUT2D eigenvalue weighted by molar-refractivity contribution is 6.12. The molecule has 3 heterocycles. The highest BCUT2D eigenvalue weighted by Crippen LogP contribution is 2.38. The first-order chi connectivity index (χ1) is 24.8. The number of para-hydroxylation sites is 3. The predicted octanol–water partition coefficient (Wildman–Crippen LogP) is 12.1. The van der Waals surface area contributed by atoms with Gasteiger partial charge < -0.3 is 8.98 Å². The molecule has 3 aromatic heterocycles. The molecular weight excluding hydrogens is 611 g/mol. The number of nitrogens with zero attached hydrogens (tertiary/aromatic N) is 3. The van der Waals surface area contributed by atoms with E-state index in [2.05, 4.69) is 144 Å². The van der Waals surface area contributed by atoms with Gasteiger partial charge in [-0.25, -0.2) is 9.97 Å². The Labute approximate surface area is 288 Å². The number of hydrogen-bond donors (Lipinski definition) is 0. The summed E-state index contributed by atoms with van der Waals surface area (Å²) in [6.07, 6.45) is 0. The summed E-state index contributed by atoms with van der Waals surface area (Å²) in [5.41, 5.74) is 12.3. The zero-order valence-corrected chi connectivity index (χ0v) is 27.0. The van der Waals surface area contributed by atoms with Crippen LogP contribution in [-0.4, -0.2) is 14.5 Å². The molecule has 0 amide bonds. The van der Waals surface area contributed by atoms with Crippen molar-refractivity contribution in [3.63, 3.8) is 0 Å². The zero-order valence-electron chi connectivity index (χ0n) is 27.0. The quantitative estimate of drug-likeness (QED) is 0.188. The van der Waals surface area contributed by atoms with Crippen molar-refractivity contribution in [2.45, 2.75) is 0 Å². The predicted molar refractivity (Wildman–Crippen MR) is 205 cm³/mol. The second-order valence-electron chi connectivity index (χ2n) is 12.6. The molecule has 0 N–H and O–H groups in total. The van der Waals surface area contributed by atoms with Gasteiger partial charge in [-0.3, -0.25) is 0 Å². The van der Waals surface area contributed by atoms with Crippen molar-refractivity contribution in [3.8, 4) is 50.7 Å². The minimum atomic E-state index is 0.686. The number of fused-ring (bicyclic) bond motifs is 6. The second-order valence-corrected chi connectivity index (χ2v) is 12.6. The van der Waals surface area contributed by atoms with Gasteiger partial charge >= 0.3 is 0 Å². The molecule has 0 unspecified atom stereocenters. The first-order valence-electron chi connectivity index (χ1n) is 16.8. The SMILES string of the molecule is c1ccc(-c2cc(-c3ccc(-n4c5ccccc5c5ccccc54)cc3)nc(-c3ccc(-c4cccc5oc6ccccc6c45)cc3)n2)cc1. The zero-order chi connectivity index (χ0) is 33.0. The maximum absolute atomic E-state index is 6.16. The molecule has 0 saturated heterocycles. The monoisotopic (exact) mass is 639 g/mol. The lowest BCUT2D eigenvalue weighted by molar-refractivity contribution is 0.669. The van der Waals surface area contributed by atoms with Gasteiger partial charge in [-0.15, -0.1) is 0 Å². The summed E-state index contributed by atoms with van der Waals surface area (Å²) < 4.78 is 8.50. The van der Waals surface area contributed by atoms with E-state index < -0.39 is 0 Å². The molecule has 0 aliphatic rings. The van der Waals surface area contributed by atoms with Crippen LogP contribution in [0.2, 0.25) is 0 Å². The van der Waals surface area contributed by atoms with E-state index in [9.17, 15) is 0 Å². The van der Waals surface area contributed by atoms with E-state index in [1.54, 1.807) is 0 Å². The maximum Gasteiger partial charge on any atom is 0.160 e. The average Bonchev–Trinajstić information content (AvgIpc) is 3.74. The first kappa shape index (κ1) is 28.3. The second kappa shape index (κ2) is 11.4. The maximum atomic E-state index is 6.16. The van der Waals surface area contributed by atoms with Crippen LogP contribution in [0.4, 0.5) is 0 Å². The van der Waals surface area contributed by atoms with Crippen molar-refractivity contribution in [2.75, 3.05) is 0 Å². The molecule has 0 fully saturated rings. The summed E-state index contributed by atoms with van der Waals surface area (Å²) in [5, 5.41) is 4.75. The van der Waals surface area contributed by atoms with Crippen molar-refractivity contribution in [1.82, 2.24) is 14.5 Å². The summed E-state index contributed by atoms with van der Waals surface area (Å²) in [4.78, 5) is 10.2. The van der Waals surface area contributed by atoms with E-state index in [1.807, 2.05) is 36.4 Å². The van der Waals surface area contributed by atoms with Crippen molar-refractivity contribution < 1.29 is 4.42 Å². The molecule has 0 bridgehead atoms. The lowest BCUT2D eigenvalue weighted by atomic mass is 9.98. The lowest BCUT2D eigenvalue weighted by Crippen LogP contribution is -1.97. The Morgan fingerprint density at radius 2 is 0.940 bits per heavy atom. The third-order valence-electron chi connectivity index (χ3n) is 9.65. The molecule has 0 spiro atoms. The lowest BCUT2D eigenvalue weighted by Gasteiger charge is -2.12. The molecule has 7 aromatic carbocycles. The minimum absolute atomic E-state index is 0.686. The number of benzene rings is 7. The molecule has 50 heavy (non-hydrogen) atoms. The molecule has 0 aliphatic heterocycles. The molecule has 4 nitrogen and oxygen atoms in total. The smallest absolute Gasteiger partial charge is 0.160 e. The number of aromatic nitrogens is 3. The van der Waals surface area contributed by atoms with Gasteiger partial charge in [0.2, 0.25) is 0 Å². The number of hydrogen-bond acceptors (Lipinski definition) is 3. The summed E-state index contributed by atoms with van der Waals surface area (Å²) in [6.45, 7) is 0. The van der Waals surface area contributed by atoms with Crippen LogP contribution in [0.15, 0.2) is 180 Å². The standard InChI is InChI=1S/C46H29N3O/c1-2-11-31(12-3-1)39-29-40(32-25-27-34(28-26-32)49-41-17-7-4-13-36(41)37-14-5-8-18-42(37)49)48-46(47-39)33-23-21-30(22-24-33)35-16-10-20-44-45(35)38-15-6-9-19-43(38)50-44/h1-29H. The van der Waals surface area contributed by atoms with Crippen LogP contribution >= 0.6 is 0 Å². The fourth-order valence-corrected chi connectivity index (χ4v) is 7.28. The third kappa shape index (κ3) is 4.61. The molecule has 4 heteroatoms. The van der Waals surface area contributed by atoms with Crippen molar-refractivity contribution in [1.29, 1.82) is 0 Å². The first-order valence-corrected chi connectivity index (χ1v) is 16.8. The number of rotatable bonds is 5. The summed E-state index contributed by atoms with van der Waals surface area (Å²) >= 11 is 0. The Morgan fingerprint density at radius 3 is 1.64 bits per heavy atom. The van der Waals surface area contributed by atoms with Gasteiger partial charge in [0.05, 0.1) is 22.4 Å². The fraction of sp³-hybridized carbons (Fsp3) is 0. The Bertz CT molecular complexity index is 2790. The van der Waals surface area contributed by atoms with Gasteiger partial charge in [0.25, 0.3) is 0 Å². The fourth-order valence-electron chi connectivity index (χ4n) is 7.28. The average molecular weight is 640 g/mol. The van der Waals surface area contributed by atoms with E-state index in [0.717, 1.165) is 66.8 Å². The number of furan rings is 1. The highest BCUT2D eigenvalue weighted by Gasteiger charge is 2.15. The summed E-state index contributed by atoms with van der Waals surface area (Å²) in [6, 6.07) is 61.3. The van der Waals surface area contributed by atoms with Gasteiger partial charge in [0, 0.05) is 43.9 Å². The molecule has 0 aliphatic carbocycles. The van der Waals surface area contributed by atoms with Crippen LogP contribution in [-0.2, 0) is 0 Å². The minimum Gasteiger partial charge on any atom is -0.456 e. The van der Waals surface area contributed by atoms with Crippen molar-refractivity contribution >= 4 is 43.7 Å². The largest absolute Gasteiger partial charge is 0.456 e. The van der Waals surface area contributed by atoms with Gasteiger partial charge in [-0.2, -0.15) is 0 Å². The molecule has 0 atom stereocenters. The van der Waals surface area contributed by atoms with E-state index >= 15 is 0 Å². The Balaban J connectivity index is 1.06. The van der Waals surface area contributed by atoms with Crippen LogP contribution in [0.25, 0.3) is 94.5 Å². The van der Waals surface area contributed by atoms with Crippen LogP contribution in [0.1, 0.15) is 0 Å². The Hall–Kier alpha value is -6.78. The van der Waals surface area contributed by atoms with Crippen LogP contribution < -0.4 is 0 Å². The molecule has 10 rings (SSSR count). The molecule has 0 saturated carbocycles. The van der Waals surface area contributed by atoms with Crippen LogP contribution in [0, 0.1) is 0 Å².